The molecule has 0 fully saturated rings. The fourth-order valence-corrected chi connectivity index (χ4v) is 17.6. The van der Waals surface area contributed by atoms with E-state index in [0.29, 0.717) is 0 Å². The summed E-state index contributed by atoms with van der Waals surface area (Å²) in [6, 6.07) is 39.2. The maximum absolute atomic E-state index is 16.5. The third-order valence-corrected chi connectivity index (χ3v) is 19.0. The van der Waals surface area contributed by atoms with Crippen molar-refractivity contribution in [1.29, 1.82) is 0 Å². The normalized spacial score (nSPS) is 19.2. The van der Waals surface area contributed by atoms with Crippen LogP contribution < -0.4 is 27.2 Å². The van der Waals surface area contributed by atoms with Crippen LogP contribution in [0.3, 0.4) is 0 Å². The van der Waals surface area contributed by atoms with Crippen molar-refractivity contribution in [2.24, 2.45) is 0 Å². The summed E-state index contributed by atoms with van der Waals surface area (Å²) in [6.07, 6.45) is 2.23. The quantitative estimate of drug-likeness (QED) is 0.137. The predicted octanol–water partition coefficient (Wildman–Crippen LogP) is 7.33. The summed E-state index contributed by atoms with van der Waals surface area (Å²) in [7, 11) is 0. The zero-order valence-corrected chi connectivity index (χ0v) is 33.0. The molecule has 2 atom stereocenters. The van der Waals surface area contributed by atoms with Gasteiger partial charge in [0.1, 0.15) is 0 Å². The van der Waals surface area contributed by atoms with Gasteiger partial charge in [0.25, 0.3) is 0 Å². The first-order valence-electron chi connectivity index (χ1n) is 18.6. The summed E-state index contributed by atoms with van der Waals surface area (Å²) in [5.41, 5.74) is 15.3. The Morgan fingerprint density at radius 1 is 0.698 bits per heavy atom. The van der Waals surface area contributed by atoms with Crippen LogP contribution in [0.2, 0.25) is 0 Å². The molecule has 6 heteroatoms. The molecule has 6 heterocycles. The van der Waals surface area contributed by atoms with Gasteiger partial charge in [0.05, 0.1) is 0 Å². The Morgan fingerprint density at radius 3 is 2.11 bits per heavy atom. The number of benzene rings is 5. The second-order valence-corrected chi connectivity index (χ2v) is 21.8. The molecule has 2 unspecified atom stereocenters. The van der Waals surface area contributed by atoms with E-state index >= 15 is 3.74 Å². The molecular weight excluding hydrogens is 713 g/mol. The Bertz CT molecular complexity index is 2850. The topological polar surface area (TPSA) is 39.0 Å². The molecule has 4 aliphatic heterocycles. The number of nitrogens with zero attached hydrogens (tertiary/aromatic N) is 3. The van der Waals surface area contributed by atoms with Gasteiger partial charge in [-0.2, -0.15) is 0 Å². The number of fused-ring (bicyclic) bond motifs is 7. The number of rotatable bonds is 2. The van der Waals surface area contributed by atoms with Crippen molar-refractivity contribution in [2.45, 2.75) is 59.5 Å². The summed E-state index contributed by atoms with van der Waals surface area (Å²) in [5, 5.41) is 0. The van der Waals surface area contributed by atoms with Gasteiger partial charge in [-0.15, -0.1) is 0 Å². The van der Waals surface area contributed by atoms with Crippen molar-refractivity contribution < 1.29 is 17.7 Å². The van der Waals surface area contributed by atoms with Crippen LogP contribution >= 0.6 is 0 Å². The minimum atomic E-state index is -4.26. The zero-order valence-electron chi connectivity index (χ0n) is 31.1. The van der Waals surface area contributed by atoms with E-state index in [-0.39, 0.29) is 5.41 Å². The van der Waals surface area contributed by atoms with Crippen molar-refractivity contribution in [3.8, 4) is 50.6 Å². The Hall–Kier alpha value is -5.38. The molecular formula is C47H40AsN3O2+2. The molecule has 0 saturated carbocycles. The molecule has 0 aliphatic carbocycles. The number of aromatic nitrogens is 3. The van der Waals surface area contributed by atoms with Gasteiger partial charge in [0, 0.05) is 0 Å². The molecule has 53 heavy (non-hydrogen) atoms. The molecule has 0 radical (unpaired) electrons. The molecule has 0 bridgehead atoms. The van der Waals surface area contributed by atoms with Crippen LogP contribution in [0.25, 0.3) is 39.1 Å². The first kappa shape index (κ1) is 31.2. The molecule has 11 rings (SSSR count). The molecule has 5 nitrogen and oxygen atoms in total. The zero-order chi connectivity index (χ0) is 36.3. The number of hydrogen-bond acceptors (Lipinski definition) is 2. The summed E-state index contributed by atoms with van der Waals surface area (Å²) in [6.45, 7) is 15.6. The second kappa shape index (κ2) is 9.98. The first-order valence-corrected chi connectivity index (χ1v) is 22.1. The Balaban J connectivity index is 1.26. The van der Waals surface area contributed by atoms with E-state index in [1.54, 1.807) is 0 Å². The number of ether oxygens (including phenoxy) is 1. The number of hydrogen-bond donors (Lipinski definition) is 0. The molecule has 1 spiro atoms. The van der Waals surface area contributed by atoms with Gasteiger partial charge in [-0.25, -0.2) is 0 Å². The fraction of sp³-hybridized carbons (Fsp3) is 0.191. The van der Waals surface area contributed by atoms with E-state index < -0.39 is 19.2 Å². The number of pyridine rings is 1. The van der Waals surface area contributed by atoms with Crippen LogP contribution in [0, 0.1) is 27.7 Å². The summed E-state index contributed by atoms with van der Waals surface area (Å²) in [5.74, 6) is 1.61. The van der Waals surface area contributed by atoms with Crippen LogP contribution in [-0.2, 0) is 14.8 Å². The SMILES string of the molecule is Cc1cccc(C)c1-c1ccc(-c2c(C)n3[n+](c2C)C24c5c(cccc5-3)Oc3ccc5c(c32)[As](=O)(c2ccccc2-5)c2cc(C(C)(C)C)cc[n+]24)cc1. The Labute approximate surface area is 312 Å². The molecule has 0 saturated heterocycles. The summed E-state index contributed by atoms with van der Waals surface area (Å²) < 4.78 is 33.5. The van der Waals surface area contributed by atoms with Gasteiger partial charge in [-0.1, -0.05) is 18.2 Å². The summed E-state index contributed by atoms with van der Waals surface area (Å²) in [4.78, 5) is 0. The van der Waals surface area contributed by atoms with Gasteiger partial charge < -0.3 is 0 Å². The molecule has 258 valence electrons. The molecule has 2 aromatic heterocycles. The second-order valence-electron chi connectivity index (χ2n) is 16.3. The predicted molar refractivity (Wildman–Crippen MR) is 210 cm³/mol. The van der Waals surface area contributed by atoms with Crippen molar-refractivity contribution >= 4 is 26.7 Å². The van der Waals surface area contributed by atoms with Crippen molar-refractivity contribution in [3.63, 3.8) is 0 Å². The van der Waals surface area contributed by atoms with E-state index in [9.17, 15) is 0 Å². The van der Waals surface area contributed by atoms with Crippen LogP contribution in [0.1, 0.15) is 60.0 Å². The summed E-state index contributed by atoms with van der Waals surface area (Å²) >= 11 is -4.26. The maximum atomic E-state index is 16.5. The van der Waals surface area contributed by atoms with E-state index in [1.807, 2.05) is 6.07 Å². The van der Waals surface area contributed by atoms with Gasteiger partial charge >= 0.3 is 282 Å². The van der Waals surface area contributed by atoms with Crippen molar-refractivity contribution in [1.82, 2.24) is 4.68 Å². The standard InChI is InChI=1S/C47H40AsN3O2/c1-27-12-10-13-28(2)41(27)31-18-20-32(21-19-31)42-29(3)50-37-16-11-17-38-43(37)47(51(50)30(42)4)44-39(53-38)23-22-35-34-14-8-9-15-36(34)48(52,45(35)44)40-26-33(46(5,6)7)24-25-49(40)47/h8-26H,1-7H3/q+2. The van der Waals surface area contributed by atoms with Gasteiger partial charge in [-0.05, 0) is 13.8 Å². The Morgan fingerprint density at radius 2 is 1.38 bits per heavy atom. The third-order valence-electron chi connectivity index (χ3n) is 12.4. The minimum absolute atomic E-state index is 0.128. The third kappa shape index (κ3) is 3.55. The Kier molecular flexibility index (Phi) is 5.87. The van der Waals surface area contributed by atoms with Gasteiger partial charge in [0.2, 0.25) is 0 Å². The van der Waals surface area contributed by atoms with Crippen molar-refractivity contribution in [2.75, 3.05) is 0 Å². The average molecular weight is 754 g/mol. The van der Waals surface area contributed by atoms with Gasteiger partial charge in [0.15, 0.2) is 0 Å². The monoisotopic (exact) mass is 753 g/mol. The fourth-order valence-electron chi connectivity index (χ4n) is 10.2. The van der Waals surface area contributed by atoms with E-state index in [4.69, 9.17) is 4.74 Å². The molecule has 4 aliphatic rings. The van der Waals surface area contributed by atoms with Crippen LogP contribution in [0.5, 0.6) is 11.5 Å². The average Bonchev–Trinajstić information content (AvgIpc) is 3.71. The first-order chi connectivity index (χ1) is 25.5. The van der Waals surface area contributed by atoms with Crippen molar-refractivity contribution in [3.05, 3.63) is 155 Å². The molecule has 7 aromatic rings. The molecule has 0 N–H and O–H groups in total. The van der Waals surface area contributed by atoms with Gasteiger partial charge in [-0.3, -0.25) is 0 Å². The number of aryl methyl sites for hydroxylation is 2. The van der Waals surface area contributed by atoms with E-state index in [2.05, 4.69) is 172 Å². The van der Waals surface area contributed by atoms with Crippen LogP contribution in [0.15, 0.2) is 115 Å². The molecule has 0 amide bonds. The molecule has 5 aromatic carbocycles. The van der Waals surface area contributed by atoms with Crippen LogP contribution in [0.4, 0.5) is 0 Å². The van der Waals surface area contributed by atoms with E-state index in [1.165, 1.54) is 38.9 Å². The van der Waals surface area contributed by atoms with Crippen LogP contribution in [-0.4, -0.2) is 18.2 Å². The van der Waals surface area contributed by atoms with E-state index in [0.717, 1.165) is 64.0 Å².